The molecular weight excluding hydrogens is 278 g/mol. The second kappa shape index (κ2) is 6.09. The molecule has 2 fully saturated rings. The molecule has 1 aromatic carbocycles. The number of nitrogens with one attached hydrogen (secondary N) is 1. The van der Waals surface area contributed by atoms with Crippen molar-refractivity contribution in [3.8, 4) is 11.5 Å². The summed E-state index contributed by atoms with van der Waals surface area (Å²) in [5.74, 6) is 1.98. The van der Waals surface area contributed by atoms with E-state index in [9.17, 15) is 5.11 Å². The number of hydrogen-bond donors (Lipinski definition) is 2. The summed E-state index contributed by atoms with van der Waals surface area (Å²) in [7, 11) is 3.39. The van der Waals surface area contributed by atoms with Gasteiger partial charge in [0.25, 0.3) is 0 Å². The number of piperidine rings is 1. The third kappa shape index (κ3) is 2.48. The van der Waals surface area contributed by atoms with Gasteiger partial charge in [0.05, 0.1) is 19.8 Å². The van der Waals surface area contributed by atoms with Gasteiger partial charge in [0, 0.05) is 23.1 Å². The molecule has 1 aliphatic carbocycles. The average Bonchev–Trinajstić information content (AvgIpc) is 2.53. The Morgan fingerprint density at radius 3 is 2.73 bits per heavy atom. The topological polar surface area (TPSA) is 50.7 Å². The molecule has 1 saturated carbocycles. The Balaban J connectivity index is 2.01. The predicted molar refractivity (Wildman–Crippen MR) is 86.6 cm³/mol. The van der Waals surface area contributed by atoms with E-state index in [1.807, 2.05) is 13.0 Å². The number of fused-ring (bicyclic) bond motifs is 1. The fraction of sp³-hybridized carbons (Fsp3) is 0.667. The van der Waals surface area contributed by atoms with Crippen LogP contribution in [0.1, 0.15) is 49.3 Å². The van der Waals surface area contributed by atoms with Crippen LogP contribution >= 0.6 is 0 Å². The molecule has 3 atom stereocenters. The van der Waals surface area contributed by atoms with Crippen LogP contribution in [-0.2, 0) is 0 Å². The van der Waals surface area contributed by atoms with E-state index in [2.05, 4.69) is 11.4 Å². The molecular formula is C18H27NO3. The van der Waals surface area contributed by atoms with E-state index in [0.29, 0.717) is 0 Å². The summed E-state index contributed by atoms with van der Waals surface area (Å²) in [6, 6.07) is 4.24. The third-order valence-electron chi connectivity index (χ3n) is 5.54. The monoisotopic (exact) mass is 305 g/mol. The average molecular weight is 305 g/mol. The molecule has 0 bridgehead atoms. The summed E-state index contributed by atoms with van der Waals surface area (Å²) < 4.78 is 11.1. The molecule has 4 nitrogen and oxygen atoms in total. The van der Waals surface area contributed by atoms with Crippen LogP contribution in [0.2, 0.25) is 0 Å². The molecule has 2 aliphatic rings. The molecule has 2 N–H and O–H groups in total. The highest BCUT2D eigenvalue weighted by molar-refractivity contribution is 5.51. The van der Waals surface area contributed by atoms with E-state index >= 15 is 0 Å². The van der Waals surface area contributed by atoms with Crippen LogP contribution in [0.15, 0.2) is 12.1 Å². The lowest BCUT2D eigenvalue weighted by Crippen LogP contribution is -2.53. The van der Waals surface area contributed by atoms with Crippen molar-refractivity contribution in [1.82, 2.24) is 5.32 Å². The van der Waals surface area contributed by atoms with Gasteiger partial charge in [-0.25, -0.2) is 0 Å². The second-order valence-electron chi connectivity index (χ2n) is 6.65. The lowest BCUT2D eigenvalue weighted by Gasteiger charge is -2.48. The van der Waals surface area contributed by atoms with Gasteiger partial charge in [0.15, 0.2) is 0 Å². The van der Waals surface area contributed by atoms with Gasteiger partial charge in [0.1, 0.15) is 11.5 Å². The van der Waals surface area contributed by atoms with E-state index in [-0.39, 0.29) is 12.0 Å². The van der Waals surface area contributed by atoms with Crippen LogP contribution in [0.3, 0.4) is 0 Å². The predicted octanol–water partition coefficient (Wildman–Crippen LogP) is 2.97. The van der Waals surface area contributed by atoms with Gasteiger partial charge >= 0.3 is 0 Å². The molecule has 1 aliphatic heterocycles. The number of hydrogen-bond acceptors (Lipinski definition) is 4. The Bertz CT molecular complexity index is 541. The minimum Gasteiger partial charge on any atom is -0.496 e. The van der Waals surface area contributed by atoms with Crippen molar-refractivity contribution in [2.75, 3.05) is 20.8 Å². The van der Waals surface area contributed by atoms with Crippen LogP contribution in [-0.4, -0.2) is 31.5 Å². The Morgan fingerprint density at radius 2 is 2.00 bits per heavy atom. The van der Waals surface area contributed by atoms with Crippen molar-refractivity contribution in [2.24, 2.45) is 5.92 Å². The Labute approximate surface area is 132 Å². The standard InChI is InChI=1S/C18H27NO3/c1-12-15(21-2)8-7-13(17(12)22-3)16-14-6-4-5-9-18(14,20)10-11-19-16/h7-8,14,16,19-20H,4-6,9-11H2,1-3H3/t14-,16-,18+/m0/s1. The summed E-state index contributed by atoms with van der Waals surface area (Å²) >= 11 is 0. The molecule has 122 valence electrons. The van der Waals surface area contributed by atoms with Crippen molar-refractivity contribution in [2.45, 2.75) is 50.7 Å². The highest BCUT2D eigenvalue weighted by atomic mass is 16.5. The second-order valence-corrected chi connectivity index (χ2v) is 6.65. The summed E-state index contributed by atoms with van der Waals surface area (Å²) in [6.45, 7) is 2.88. The van der Waals surface area contributed by atoms with Crippen molar-refractivity contribution >= 4 is 0 Å². The number of rotatable bonds is 3. The summed E-state index contributed by atoms with van der Waals surface area (Å²) in [4.78, 5) is 0. The van der Waals surface area contributed by atoms with E-state index in [1.54, 1.807) is 14.2 Å². The van der Waals surface area contributed by atoms with Gasteiger partial charge in [-0.2, -0.15) is 0 Å². The SMILES string of the molecule is COc1ccc([C@@H]2NCC[C@]3(O)CCCC[C@@H]23)c(OC)c1C. The van der Waals surface area contributed by atoms with Crippen LogP contribution in [0.25, 0.3) is 0 Å². The fourth-order valence-corrected chi connectivity index (χ4v) is 4.38. The maximum Gasteiger partial charge on any atom is 0.130 e. The normalized spacial score (nSPS) is 31.5. The van der Waals surface area contributed by atoms with E-state index < -0.39 is 5.60 Å². The first-order valence-electron chi connectivity index (χ1n) is 8.28. The molecule has 1 aromatic rings. The van der Waals surface area contributed by atoms with Crippen molar-refractivity contribution < 1.29 is 14.6 Å². The quantitative estimate of drug-likeness (QED) is 0.901. The van der Waals surface area contributed by atoms with E-state index in [4.69, 9.17) is 9.47 Å². The minimum absolute atomic E-state index is 0.151. The fourth-order valence-electron chi connectivity index (χ4n) is 4.38. The summed E-state index contributed by atoms with van der Waals surface area (Å²) in [5.41, 5.74) is 1.65. The largest absolute Gasteiger partial charge is 0.496 e. The lowest BCUT2D eigenvalue weighted by atomic mass is 9.66. The highest BCUT2D eigenvalue weighted by Gasteiger charge is 2.46. The van der Waals surface area contributed by atoms with Gasteiger partial charge in [-0.1, -0.05) is 18.9 Å². The highest BCUT2D eigenvalue weighted by Crippen LogP contribution is 2.48. The number of aliphatic hydroxyl groups is 1. The van der Waals surface area contributed by atoms with Gasteiger partial charge in [-0.05, 0) is 38.8 Å². The summed E-state index contributed by atoms with van der Waals surface area (Å²) in [5, 5.41) is 14.7. The van der Waals surface area contributed by atoms with Gasteiger partial charge in [-0.15, -0.1) is 0 Å². The molecule has 1 saturated heterocycles. The van der Waals surface area contributed by atoms with Gasteiger partial charge in [0.2, 0.25) is 0 Å². The first-order valence-corrected chi connectivity index (χ1v) is 8.28. The Kier molecular flexibility index (Phi) is 4.33. The number of methoxy groups -OCH3 is 2. The molecule has 0 radical (unpaired) electrons. The molecule has 4 heteroatoms. The smallest absolute Gasteiger partial charge is 0.130 e. The molecule has 0 amide bonds. The molecule has 22 heavy (non-hydrogen) atoms. The van der Waals surface area contributed by atoms with Crippen LogP contribution in [0.4, 0.5) is 0 Å². The molecule has 0 aromatic heterocycles. The minimum atomic E-state index is -0.521. The maximum absolute atomic E-state index is 11.1. The molecule has 0 unspecified atom stereocenters. The summed E-state index contributed by atoms with van der Waals surface area (Å²) in [6.07, 6.45) is 5.18. The van der Waals surface area contributed by atoms with Gasteiger partial charge < -0.3 is 19.9 Å². The molecule has 0 spiro atoms. The van der Waals surface area contributed by atoms with Crippen LogP contribution in [0.5, 0.6) is 11.5 Å². The first kappa shape index (κ1) is 15.6. The lowest BCUT2D eigenvalue weighted by molar-refractivity contribution is -0.0863. The van der Waals surface area contributed by atoms with Crippen molar-refractivity contribution in [1.29, 1.82) is 0 Å². The van der Waals surface area contributed by atoms with E-state index in [0.717, 1.165) is 54.9 Å². The van der Waals surface area contributed by atoms with Crippen molar-refractivity contribution in [3.05, 3.63) is 23.3 Å². The van der Waals surface area contributed by atoms with Gasteiger partial charge in [-0.3, -0.25) is 0 Å². The van der Waals surface area contributed by atoms with Crippen molar-refractivity contribution in [3.63, 3.8) is 0 Å². The molecule has 3 rings (SSSR count). The zero-order valence-corrected chi connectivity index (χ0v) is 13.8. The zero-order valence-electron chi connectivity index (χ0n) is 13.8. The van der Waals surface area contributed by atoms with E-state index in [1.165, 1.54) is 6.42 Å². The number of benzene rings is 1. The maximum atomic E-state index is 11.1. The Hall–Kier alpha value is -1.26. The van der Waals surface area contributed by atoms with Crippen LogP contribution in [0, 0.1) is 12.8 Å². The third-order valence-corrected chi connectivity index (χ3v) is 5.54. The molecule has 1 heterocycles. The first-order chi connectivity index (χ1) is 10.6. The Morgan fingerprint density at radius 1 is 1.18 bits per heavy atom. The number of ether oxygens (including phenoxy) is 2. The van der Waals surface area contributed by atoms with Crippen LogP contribution < -0.4 is 14.8 Å². The zero-order chi connectivity index (χ0) is 15.7.